The molecule has 0 aromatic carbocycles. The first-order valence-electron chi connectivity index (χ1n) is 6.47. The molecule has 0 aromatic rings. The van der Waals surface area contributed by atoms with Crippen LogP contribution in [0.5, 0.6) is 0 Å². The van der Waals surface area contributed by atoms with Crippen LogP contribution >= 0.6 is 23.5 Å². The molecule has 0 saturated carbocycles. The summed E-state index contributed by atoms with van der Waals surface area (Å²) in [7, 11) is 0. The van der Waals surface area contributed by atoms with Crippen LogP contribution in [0, 0.1) is 0 Å². The van der Waals surface area contributed by atoms with Gasteiger partial charge in [-0.1, -0.05) is 0 Å². The number of nitrogens with two attached hydrogens (primary N) is 1. The van der Waals surface area contributed by atoms with Gasteiger partial charge < -0.3 is 9.47 Å². The summed E-state index contributed by atoms with van der Waals surface area (Å²) in [6.07, 6.45) is 1.37. The summed E-state index contributed by atoms with van der Waals surface area (Å²) in [6.45, 7) is 1.50. The van der Waals surface area contributed by atoms with Crippen molar-refractivity contribution in [2.45, 2.75) is 17.9 Å². The molecule has 21 heavy (non-hydrogen) atoms. The molecule has 0 bridgehead atoms. The topological polar surface area (TPSA) is 98.9 Å². The Hall–Kier alpha value is -0.770. The summed E-state index contributed by atoms with van der Waals surface area (Å²) in [5.74, 6) is 0.739. The van der Waals surface area contributed by atoms with Gasteiger partial charge in [0.25, 0.3) is 6.47 Å². The highest BCUT2D eigenvalue weighted by molar-refractivity contribution is 8.00. The summed E-state index contributed by atoms with van der Waals surface area (Å²) in [6, 6.07) is 0. The van der Waals surface area contributed by atoms with Crippen LogP contribution < -0.4 is 5.73 Å². The van der Waals surface area contributed by atoms with E-state index in [1.165, 1.54) is 16.7 Å². The van der Waals surface area contributed by atoms with Gasteiger partial charge in [-0.25, -0.2) is 0 Å². The van der Waals surface area contributed by atoms with Crippen molar-refractivity contribution in [2.75, 3.05) is 37.5 Å². The smallest absolute Gasteiger partial charge is 0.294 e. The second kappa shape index (κ2) is 10.0. The Bertz CT molecular complexity index is 370. The fourth-order valence-corrected chi connectivity index (χ4v) is 3.06. The van der Waals surface area contributed by atoms with E-state index < -0.39 is 11.5 Å². The Labute approximate surface area is 132 Å². The van der Waals surface area contributed by atoms with E-state index in [0.29, 0.717) is 13.2 Å². The van der Waals surface area contributed by atoms with E-state index in [0.717, 1.165) is 5.75 Å². The molecule has 1 fully saturated rings. The molecule has 0 spiro atoms. The van der Waals surface area contributed by atoms with Crippen LogP contribution in [0.15, 0.2) is 0 Å². The average molecular weight is 336 g/mol. The number of carbonyl (C=O) groups is 3. The molecule has 2 atom stereocenters. The third-order valence-corrected chi connectivity index (χ3v) is 4.65. The Morgan fingerprint density at radius 2 is 2.24 bits per heavy atom. The van der Waals surface area contributed by atoms with Gasteiger partial charge in [0.05, 0.1) is 25.0 Å². The average Bonchev–Trinajstić information content (AvgIpc) is 2.72. The van der Waals surface area contributed by atoms with Crippen LogP contribution in [0.4, 0.5) is 0 Å². The highest BCUT2D eigenvalue weighted by Crippen LogP contribution is 2.25. The van der Waals surface area contributed by atoms with Crippen LogP contribution in [-0.2, 0) is 23.9 Å². The van der Waals surface area contributed by atoms with Gasteiger partial charge in [0.1, 0.15) is 0 Å². The molecule has 1 aliphatic rings. The van der Waals surface area contributed by atoms with Gasteiger partial charge >= 0.3 is 0 Å². The number of thioether (sulfide) groups is 2. The quantitative estimate of drug-likeness (QED) is 0.237. The number of rotatable bonds is 11. The molecule has 2 unspecified atom stereocenters. The van der Waals surface area contributed by atoms with E-state index in [2.05, 4.69) is 4.74 Å². The van der Waals surface area contributed by atoms with Crippen molar-refractivity contribution in [3.63, 3.8) is 0 Å². The number of hydrogen-bond donors (Lipinski definition) is 1. The zero-order chi connectivity index (χ0) is 15.7. The predicted octanol–water partition coefficient (Wildman–Crippen LogP) is -0.315. The first-order chi connectivity index (χ1) is 10.1. The molecule has 1 aliphatic heterocycles. The molecular formula is C12H20N2O5S2. The number of nitrogens with zero attached hydrogens (tertiary/aromatic N) is 1. The molecule has 2 N–H and O–H groups in total. The van der Waals surface area contributed by atoms with E-state index >= 15 is 0 Å². The van der Waals surface area contributed by atoms with E-state index in [-0.39, 0.29) is 37.0 Å². The minimum Gasteiger partial charge on any atom is -0.448 e. The zero-order valence-electron chi connectivity index (χ0n) is 11.9. The van der Waals surface area contributed by atoms with Crippen molar-refractivity contribution in [1.82, 2.24) is 4.90 Å². The Morgan fingerprint density at radius 3 is 2.90 bits per heavy atom. The number of imide groups is 1. The molecule has 9 heteroatoms. The molecule has 1 saturated heterocycles. The van der Waals surface area contributed by atoms with Crippen LogP contribution in [0.3, 0.4) is 0 Å². The Kier molecular flexibility index (Phi) is 8.74. The lowest BCUT2D eigenvalue weighted by Crippen LogP contribution is -2.35. The second-order valence-electron chi connectivity index (χ2n) is 4.29. The summed E-state index contributed by atoms with van der Waals surface area (Å²) >= 11 is 2.90. The fraction of sp³-hybridized carbons (Fsp3) is 0.750. The van der Waals surface area contributed by atoms with Crippen molar-refractivity contribution in [1.29, 1.82) is 0 Å². The molecule has 0 aromatic heterocycles. The van der Waals surface area contributed by atoms with Gasteiger partial charge in [0.15, 0.2) is 6.23 Å². The molecule has 0 aliphatic carbocycles. The first-order valence-corrected chi connectivity index (χ1v) is 8.91. The van der Waals surface area contributed by atoms with Crippen LogP contribution in [0.25, 0.3) is 0 Å². The SMILES string of the molecule is CSCCOCCN1C(=O)CC(SCC(N)OC=O)C1=O. The van der Waals surface area contributed by atoms with Crippen LogP contribution in [0.2, 0.25) is 0 Å². The van der Waals surface area contributed by atoms with Crippen LogP contribution in [0.1, 0.15) is 6.42 Å². The van der Waals surface area contributed by atoms with Gasteiger partial charge in [-0.2, -0.15) is 11.8 Å². The lowest BCUT2D eigenvalue weighted by atomic mass is 10.4. The van der Waals surface area contributed by atoms with Gasteiger partial charge in [0.2, 0.25) is 11.8 Å². The number of likely N-dealkylation sites (tertiary alicyclic amines) is 1. The molecule has 1 rings (SSSR count). The maximum absolute atomic E-state index is 12.1. The van der Waals surface area contributed by atoms with E-state index in [9.17, 15) is 14.4 Å². The lowest BCUT2D eigenvalue weighted by molar-refractivity contribution is -0.139. The number of carbonyl (C=O) groups excluding carboxylic acids is 3. The van der Waals surface area contributed by atoms with Crippen molar-refractivity contribution in [3.05, 3.63) is 0 Å². The third kappa shape index (κ3) is 6.25. The van der Waals surface area contributed by atoms with Crippen molar-refractivity contribution < 1.29 is 23.9 Å². The lowest BCUT2D eigenvalue weighted by Gasteiger charge is -2.15. The minimum absolute atomic E-state index is 0.155. The summed E-state index contributed by atoms with van der Waals surface area (Å²) in [5.41, 5.74) is 5.50. The van der Waals surface area contributed by atoms with E-state index in [1.807, 2.05) is 6.26 Å². The van der Waals surface area contributed by atoms with Gasteiger partial charge in [-0.05, 0) is 6.26 Å². The zero-order valence-corrected chi connectivity index (χ0v) is 13.5. The van der Waals surface area contributed by atoms with Crippen molar-refractivity contribution in [2.24, 2.45) is 5.73 Å². The maximum Gasteiger partial charge on any atom is 0.294 e. The third-order valence-electron chi connectivity index (χ3n) is 2.79. The van der Waals surface area contributed by atoms with E-state index in [4.69, 9.17) is 10.5 Å². The number of ether oxygens (including phenoxy) is 2. The Morgan fingerprint density at radius 1 is 1.48 bits per heavy atom. The molecular weight excluding hydrogens is 316 g/mol. The predicted molar refractivity (Wildman–Crippen MR) is 81.9 cm³/mol. The summed E-state index contributed by atoms with van der Waals surface area (Å²) in [5, 5.41) is -0.454. The molecule has 2 amide bonds. The molecule has 1 heterocycles. The largest absolute Gasteiger partial charge is 0.448 e. The van der Waals surface area contributed by atoms with Gasteiger partial charge in [-0.15, -0.1) is 11.8 Å². The van der Waals surface area contributed by atoms with Gasteiger partial charge in [-0.3, -0.25) is 25.0 Å². The summed E-state index contributed by atoms with van der Waals surface area (Å²) < 4.78 is 9.88. The van der Waals surface area contributed by atoms with Crippen LogP contribution in [-0.4, -0.2) is 72.2 Å². The minimum atomic E-state index is -0.765. The van der Waals surface area contributed by atoms with Crippen molar-refractivity contribution >= 4 is 41.8 Å². The highest BCUT2D eigenvalue weighted by atomic mass is 32.2. The van der Waals surface area contributed by atoms with Gasteiger partial charge in [0, 0.05) is 17.9 Å². The fourth-order valence-electron chi connectivity index (χ4n) is 1.74. The molecule has 120 valence electrons. The molecule has 0 radical (unpaired) electrons. The molecule has 7 nitrogen and oxygen atoms in total. The highest BCUT2D eigenvalue weighted by Gasteiger charge is 2.38. The summed E-state index contributed by atoms with van der Waals surface area (Å²) in [4.78, 5) is 35.2. The second-order valence-corrected chi connectivity index (χ2v) is 6.51. The van der Waals surface area contributed by atoms with Crippen molar-refractivity contribution in [3.8, 4) is 0 Å². The maximum atomic E-state index is 12.1. The Balaban J connectivity index is 2.31. The number of amides is 2. The van der Waals surface area contributed by atoms with E-state index in [1.54, 1.807) is 11.8 Å². The first kappa shape index (κ1) is 18.3. The standard InChI is InChI=1S/C12H20N2O5S2/c1-20-5-4-18-3-2-14-11(16)6-9(12(14)17)21-7-10(13)19-8-15/h8-10H,2-7,13H2,1H3. The monoisotopic (exact) mass is 336 g/mol. The normalized spacial score (nSPS) is 19.9. The number of hydrogen-bond acceptors (Lipinski definition) is 8.